The van der Waals surface area contributed by atoms with Crippen molar-refractivity contribution < 1.29 is 24.0 Å². The van der Waals surface area contributed by atoms with Gasteiger partial charge in [-0.2, -0.15) is 5.10 Å². The van der Waals surface area contributed by atoms with E-state index in [9.17, 15) is 24.8 Å². The van der Waals surface area contributed by atoms with Gasteiger partial charge in [0.1, 0.15) is 11.5 Å². The number of aromatic carboxylic acids is 1. The van der Waals surface area contributed by atoms with Crippen molar-refractivity contribution in [2.45, 2.75) is 0 Å². The Morgan fingerprint density at radius 1 is 1.26 bits per heavy atom. The Bertz CT molecular complexity index is 1040. The molecular weight excluding hydrogens is 374 g/mol. The first-order valence-corrected chi connectivity index (χ1v) is 8.32. The zero-order valence-corrected chi connectivity index (χ0v) is 14.3. The lowest BCUT2D eigenvalue weighted by atomic mass is 10.0. The molecule has 1 amide bonds. The van der Waals surface area contributed by atoms with E-state index in [4.69, 9.17) is 4.42 Å². The van der Waals surface area contributed by atoms with Gasteiger partial charge in [0, 0.05) is 17.7 Å². The Labute approximate surface area is 155 Å². The van der Waals surface area contributed by atoms with Crippen molar-refractivity contribution >= 4 is 35.1 Å². The van der Waals surface area contributed by atoms with Crippen LogP contribution in [0, 0.1) is 10.1 Å². The van der Waals surface area contributed by atoms with E-state index in [2.05, 4.69) is 10.5 Å². The van der Waals surface area contributed by atoms with Gasteiger partial charge in [0.05, 0.1) is 21.6 Å². The number of amides is 1. The van der Waals surface area contributed by atoms with Gasteiger partial charge in [-0.05, 0) is 29.6 Å². The minimum atomic E-state index is -1.32. The van der Waals surface area contributed by atoms with Crippen LogP contribution in [0.3, 0.4) is 0 Å². The highest BCUT2D eigenvalue weighted by Gasteiger charge is 2.19. The predicted octanol–water partition coefficient (Wildman–Crippen LogP) is 3.38. The summed E-state index contributed by atoms with van der Waals surface area (Å²) in [5, 5.41) is 25.7. The molecule has 27 heavy (non-hydrogen) atoms. The quantitative estimate of drug-likeness (QED) is 0.379. The molecule has 0 spiro atoms. The normalized spacial score (nSPS) is 10.8. The summed E-state index contributed by atoms with van der Waals surface area (Å²) in [5.41, 5.74) is 1.95. The van der Waals surface area contributed by atoms with E-state index < -0.39 is 10.9 Å². The molecular formula is C17H11N3O6S. The Morgan fingerprint density at radius 2 is 2.07 bits per heavy atom. The molecule has 0 aliphatic carbocycles. The molecule has 0 atom stereocenters. The number of carboxylic acid groups (broad SMARTS) is 1. The SMILES string of the molecule is O=C(N/N=C\c1ccc(-c2ccc([N+](=O)[O-])cc2C(=O)O)o1)c1cccs1. The van der Waals surface area contributed by atoms with Gasteiger partial charge < -0.3 is 9.52 Å². The number of carbonyl (C=O) groups excluding carboxylic acids is 1. The Kier molecular flexibility index (Phi) is 5.08. The van der Waals surface area contributed by atoms with Gasteiger partial charge in [-0.1, -0.05) is 6.07 Å². The zero-order chi connectivity index (χ0) is 19.4. The van der Waals surface area contributed by atoms with Crippen LogP contribution in [0.4, 0.5) is 5.69 Å². The molecule has 2 N–H and O–H groups in total. The number of nitro groups is 1. The molecule has 0 radical (unpaired) electrons. The lowest BCUT2D eigenvalue weighted by Crippen LogP contribution is -2.15. The molecule has 2 heterocycles. The van der Waals surface area contributed by atoms with Crippen LogP contribution in [-0.2, 0) is 0 Å². The summed E-state index contributed by atoms with van der Waals surface area (Å²) in [5.74, 6) is -1.21. The van der Waals surface area contributed by atoms with Crippen LogP contribution >= 0.6 is 11.3 Å². The fourth-order valence-electron chi connectivity index (χ4n) is 2.22. The number of rotatable bonds is 6. The van der Waals surface area contributed by atoms with E-state index in [1.807, 2.05) is 0 Å². The Balaban J connectivity index is 1.79. The van der Waals surface area contributed by atoms with E-state index in [1.165, 1.54) is 41.8 Å². The minimum absolute atomic E-state index is 0.190. The van der Waals surface area contributed by atoms with Crippen molar-refractivity contribution in [2.75, 3.05) is 0 Å². The van der Waals surface area contributed by atoms with Crippen molar-refractivity contribution in [3.63, 3.8) is 0 Å². The van der Waals surface area contributed by atoms with Gasteiger partial charge in [-0.25, -0.2) is 10.2 Å². The molecule has 2 aromatic heterocycles. The summed E-state index contributed by atoms with van der Waals surface area (Å²) in [6.45, 7) is 0. The van der Waals surface area contributed by atoms with Crippen LogP contribution in [0.1, 0.15) is 25.8 Å². The molecule has 9 nitrogen and oxygen atoms in total. The topological polar surface area (TPSA) is 135 Å². The molecule has 0 saturated carbocycles. The second-order valence-corrected chi connectivity index (χ2v) is 6.12. The van der Waals surface area contributed by atoms with Crippen molar-refractivity contribution in [3.05, 3.63) is 74.2 Å². The largest absolute Gasteiger partial charge is 0.478 e. The third kappa shape index (κ3) is 4.07. The lowest BCUT2D eigenvalue weighted by Gasteiger charge is -2.03. The van der Waals surface area contributed by atoms with Crippen LogP contribution < -0.4 is 5.43 Å². The van der Waals surface area contributed by atoms with Crippen molar-refractivity contribution in [2.24, 2.45) is 5.10 Å². The number of thiophene rings is 1. The molecule has 136 valence electrons. The average Bonchev–Trinajstić information content (AvgIpc) is 3.33. The number of nitrogens with one attached hydrogen (secondary N) is 1. The maximum Gasteiger partial charge on any atom is 0.336 e. The zero-order valence-electron chi connectivity index (χ0n) is 13.5. The Hall–Kier alpha value is -3.79. The molecule has 10 heteroatoms. The van der Waals surface area contributed by atoms with E-state index in [0.29, 0.717) is 4.88 Å². The molecule has 0 unspecified atom stereocenters. The van der Waals surface area contributed by atoms with Crippen molar-refractivity contribution in [1.82, 2.24) is 5.43 Å². The molecule has 0 aliphatic rings. The molecule has 0 fully saturated rings. The molecule has 3 rings (SSSR count). The fraction of sp³-hybridized carbons (Fsp3) is 0. The molecule has 3 aromatic rings. The monoisotopic (exact) mass is 385 g/mol. The number of furan rings is 1. The first kappa shape index (κ1) is 18.0. The number of hydrazone groups is 1. The Morgan fingerprint density at radius 3 is 2.74 bits per heavy atom. The number of benzene rings is 1. The standard InChI is InChI=1S/C17H11N3O6S/c21-16(15-2-1-7-27-15)19-18-9-11-4-6-14(26-11)12-5-3-10(20(24)25)8-13(12)17(22)23/h1-9H,(H,19,21)(H,22,23)/b18-9-. The van der Waals surface area contributed by atoms with Crippen LogP contribution in [0.2, 0.25) is 0 Å². The van der Waals surface area contributed by atoms with Gasteiger partial charge >= 0.3 is 5.97 Å². The third-order valence-corrected chi connectivity index (χ3v) is 4.31. The highest BCUT2D eigenvalue weighted by atomic mass is 32.1. The summed E-state index contributed by atoms with van der Waals surface area (Å²) >= 11 is 1.27. The number of nitro benzene ring substituents is 1. The number of non-ortho nitro benzene ring substituents is 1. The second-order valence-electron chi connectivity index (χ2n) is 5.17. The van der Waals surface area contributed by atoms with Gasteiger partial charge in [0.15, 0.2) is 0 Å². The van der Waals surface area contributed by atoms with Gasteiger partial charge in [-0.3, -0.25) is 14.9 Å². The second kappa shape index (κ2) is 7.62. The number of carboxylic acids is 1. The molecule has 0 aliphatic heterocycles. The molecule has 0 bridgehead atoms. The van der Waals surface area contributed by atoms with Gasteiger partial charge in [0.25, 0.3) is 11.6 Å². The summed E-state index contributed by atoms with van der Waals surface area (Å²) in [6, 6.07) is 9.91. The van der Waals surface area contributed by atoms with Gasteiger partial charge in [0.2, 0.25) is 0 Å². The van der Waals surface area contributed by atoms with Crippen LogP contribution in [-0.4, -0.2) is 28.1 Å². The van der Waals surface area contributed by atoms with Crippen LogP contribution in [0.5, 0.6) is 0 Å². The highest BCUT2D eigenvalue weighted by Crippen LogP contribution is 2.28. The smallest absolute Gasteiger partial charge is 0.336 e. The number of hydrogen-bond acceptors (Lipinski definition) is 7. The molecule has 1 aromatic carbocycles. The number of carbonyl (C=O) groups is 2. The van der Waals surface area contributed by atoms with Crippen molar-refractivity contribution in [3.8, 4) is 11.3 Å². The van der Waals surface area contributed by atoms with E-state index >= 15 is 0 Å². The van der Waals surface area contributed by atoms with Crippen LogP contribution in [0.25, 0.3) is 11.3 Å². The fourth-order valence-corrected chi connectivity index (χ4v) is 2.84. The summed E-state index contributed by atoms with van der Waals surface area (Å²) in [7, 11) is 0. The maximum atomic E-state index is 11.8. The summed E-state index contributed by atoms with van der Waals surface area (Å²) in [4.78, 5) is 33.8. The van der Waals surface area contributed by atoms with E-state index in [0.717, 1.165) is 6.07 Å². The number of nitrogens with zero attached hydrogens (tertiary/aromatic N) is 2. The summed E-state index contributed by atoms with van der Waals surface area (Å²) < 4.78 is 5.50. The average molecular weight is 385 g/mol. The van der Waals surface area contributed by atoms with E-state index in [-0.39, 0.29) is 34.2 Å². The number of hydrogen-bond donors (Lipinski definition) is 2. The minimum Gasteiger partial charge on any atom is -0.478 e. The lowest BCUT2D eigenvalue weighted by molar-refractivity contribution is -0.384. The third-order valence-electron chi connectivity index (χ3n) is 3.44. The summed E-state index contributed by atoms with van der Waals surface area (Å²) in [6.07, 6.45) is 1.26. The van der Waals surface area contributed by atoms with Crippen LogP contribution in [0.15, 0.2) is 57.4 Å². The first-order chi connectivity index (χ1) is 13.0. The van der Waals surface area contributed by atoms with E-state index in [1.54, 1.807) is 17.5 Å². The first-order valence-electron chi connectivity index (χ1n) is 7.44. The molecule has 0 saturated heterocycles. The maximum absolute atomic E-state index is 11.8. The van der Waals surface area contributed by atoms with Crippen molar-refractivity contribution in [1.29, 1.82) is 0 Å². The van der Waals surface area contributed by atoms with Gasteiger partial charge in [-0.15, -0.1) is 11.3 Å². The highest BCUT2D eigenvalue weighted by molar-refractivity contribution is 7.12. The predicted molar refractivity (Wildman–Crippen MR) is 97.1 cm³/mol.